The maximum absolute atomic E-state index is 6.35. The average molecular weight is 356 g/mol. The summed E-state index contributed by atoms with van der Waals surface area (Å²) in [7, 11) is 0. The summed E-state index contributed by atoms with van der Waals surface area (Å²) in [5.74, 6) is 0.935. The van der Waals surface area contributed by atoms with E-state index in [-0.39, 0.29) is 5.60 Å². The SMILES string of the molecule is Cc1noc(C)c1CN1CCCC2(CN(Cc3cccnc3)CCO2)C1. The molecule has 4 heterocycles. The van der Waals surface area contributed by atoms with Crippen LogP contribution < -0.4 is 0 Å². The number of likely N-dealkylation sites (tertiary alicyclic amines) is 1. The lowest BCUT2D eigenvalue weighted by Crippen LogP contribution is -2.59. The lowest BCUT2D eigenvalue weighted by molar-refractivity contribution is -0.142. The Kier molecular flexibility index (Phi) is 5.07. The van der Waals surface area contributed by atoms with Crippen LogP contribution in [0.25, 0.3) is 0 Å². The predicted octanol–water partition coefficient (Wildman–Crippen LogP) is 2.55. The zero-order chi connectivity index (χ0) is 18.0. The first kappa shape index (κ1) is 17.6. The van der Waals surface area contributed by atoms with Gasteiger partial charge in [-0.2, -0.15) is 0 Å². The van der Waals surface area contributed by atoms with E-state index >= 15 is 0 Å². The van der Waals surface area contributed by atoms with Crippen molar-refractivity contribution in [2.45, 2.75) is 45.4 Å². The van der Waals surface area contributed by atoms with Gasteiger partial charge in [0.05, 0.1) is 17.9 Å². The van der Waals surface area contributed by atoms with E-state index in [2.05, 4.69) is 26.0 Å². The highest BCUT2D eigenvalue weighted by Crippen LogP contribution is 2.31. The molecule has 0 bridgehead atoms. The smallest absolute Gasteiger partial charge is 0.138 e. The summed E-state index contributed by atoms with van der Waals surface area (Å²) >= 11 is 0. The molecule has 0 N–H and O–H groups in total. The number of hydrogen-bond acceptors (Lipinski definition) is 6. The second kappa shape index (κ2) is 7.47. The van der Waals surface area contributed by atoms with Crippen molar-refractivity contribution in [2.75, 3.05) is 32.8 Å². The number of ether oxygens (including phenoxy) is 1. The molecule has 0 saturated carbocycles. The molecule has 2 aliphatic heterocycles. The van der Waals surface area contributed by atoms with Crippen molar-refractivity contribution in [1.29, 1.82) is 0 Å². The van der Waals surface area contributed by atoms with Crippen molar-refractivity contribution >= 4 is 0 Å². The van der Waals surface area contributed by atoms with Crippen LogP contribution in [0.2, 0.25) is 0 Å². The third kappa shape index (κ3) is 3.82. The topological polar surface area (TPSA) is 54.6 Å². The molecule has 1 atom stereocenters. The van der Waals surface area contributed by atoms with Crippen molar-refractivity contribution in [3.63, 3.8) is 0 Å². The lowest BCUT2D eigenvalue weighted by Gasteiger charge is -2.48. The molecule has 0 radical (unpaired) electrons. The highest BCUT2D eigenvalue weighted by molar-refractivity contribution is 5.20. The van der Waals surface area contributed by atoms with Gasteiger partial charge >= 0.3 is 0 Å². The van der Waals surface area contributed by atoms with Gasteiger partial charge in [-0.1, -0.05) is 11.2 Å². The fourth-order valence-electron chi connectivity index (χ4n) is 4.33. The molecule has 140 valence electrons. The molecule has 26 heavy (non-hydrogen) atoms. The van der Waals surface area contributed by atoms with E-state index in [9.17, 15) is 0 Å². The van der Waals surface area contributed by atoms with Crippen LogP contribution in [-0.4, -0.2) is 58.3 Å². The molecule has 0 aromatic carbocycles. The molecule has 4 rings (SSSR count). The zero-order valence-electron chi connectivity index (χ0n) is 15.8. The second-order valence-electron chi connectivity index (χ2n) is 7.72. The zero-order valence-corrected chi connectivity index (χ0v) is 15.8. The minimum Gasteiger partial charge on any atom is -0.371 e. The van der Waals surface area contributed by atoms with Gasteiger partial charge in [0.15, 0.2) is 0 Å². The van der Waals surface area contributed by atoms with Gasteiger partial charge in [-0.15, -0.1) is 0 Å². The lowest BCUT2D eigenvalue weighted by atomic mass is 9.90. The Hall–Kier alpha value is -1.76. The van der Waals surface area contributed by atoms with E-state index in [1.54, 1.807) is 0 Å². The van der Waals surface area contributed by atoms with Gasteiger partial charge in [0.2, 0.25) is 0 Å². The van der Waals surface area contributed by atoms with Crippen LogP contribution in [0.4, 0.5) is 0 Å². The first-order valence-electron chi connectivity index (χ1n) is 9.53. The first-order chi connectivity index (χ1) is 12.6. The Balaban J connectivity index is 1.42. The summed E-state index contributed by atoms with van der Waals surface area (Å²) in [6, 6.07) is 4.16. The summed E-state index contributed by atoms with van der Waals surface area (Å²) in [5, 5.41) is 4.10. The van der Waals surface area contributed by atoms with E-state index < -0.39 is 0 Å². The molecule has 0 amide bonds. The quantitative estimate of drug-likeness (QED) is 0.839. The van der Waals surface area contributed by atoms with Gasteiger partial charge in [-0.25, -0.2) is 0 Å². The van der Waals surface area contributed by atoms with Crippen molar-refractivity contribution < 1.29 is 9.26 Å². The molecule has 2 saturated heterocycles. The summed E-state index contributed by atoms with van der Waals surface area (Å²) in [5.41, 5.74) is 3.44. The number of pyridine rings is 1. The van der Waals surface area contributed by atoms with Gasteiger partial charge in [-0.05, 0) is 44.9 Å². The molecule has 2 aliphatic rings. The fraction of sp³-hybridized carbons (Fsp3) is 0.600. The number of morpholine rings is 1. The molecule has 2 aromatic heterocycles. The number of piperidine rings is 1. The summed E-state index contributed by atoms with van der Waals surface area (Å²) in [6.07, 6.45) is 6.10. The van der Waals surface area contributed by atoms with Gasteiger partial charge in [0, 0.05) is 50.7 Å². The maximum atomic E-state index is 6.35. The number of rotatable bonds is 4. The standard InChI is InChI=1S/C20H28N4O2/c1-16-19(17(2)26-22-16)13-23-8-4-6-20(14-23)15-24(9-10-25-20)12-18-5-3-7-21-11-18/h3,5,7,11H,4,6,8-10,12-15H2,1-2H3. The van der Waals surface area contributed by atoms with E-state index in [0.29, 0.717) is 0 Å². The molecule has 0 aliphatic carbocycles. The number of aryl methyl sites for hydroxylation is 2. The number of nitrogens with zero attached hydrogens (tertiary/aromatic N) is 4. The van der Waals surface area contributed by atoms with Crippen LogP contribution in [-0.2, 0) is 17.8 Å². The van der Waals surface area contributed by atoms with E-state index in [4.69, 9.17) is 9.26 Å². The highest BCUT2D eigenvalue weighted by Gasteiger charge is 2.40. The second-order valence-corrected chi connectivity index (χ2v) is 7.72. The summed E-state index contributed by atoms with van der Waals surface area (Å²) in [6.45, 7) is 10.7. The van der Waals surface area contributed by atoms with Crippen molar-refractivity contribution in [1.82, 2.24) is 19.9 Å². The minimum absolute atomic E-state index is 0.0579. The molecule has 1 unspecified atom stereocenters. The molecule has 6 heteroatoms. The van der Waals surface area contributed by atoms with Crippen LogP contribution >= 0.6 is 0 Å². The Morgan fingerprint density at radius 3 is 2.73 bits per heavy atom. The predicted molar refractivity (Wildman–Crippen MR) is 98.7 cm³/mol. The normalized spacial score (nSPS) is 25.0. The largest absolute Gasteiger partial charge is 0.371 e. The van der Waals surface area contributed by atoms with Crippen LogP contribution in [0, 0.1) is 13.8 Å². The minimum atomic E-state index is -0.0579. The number of aromatic nitrogens is 2. The number of hydrogen-bond donors (Lipinski definition) is 0. The molecule has 2 fully saturated rings. The third-order valence-corrected chi connectivity index (χ3v) is 5.64. The van der Waals surface area contributed by atoms with Gasteiger partial charge in [-0.3, -0.25) is 14.8 Å². The Morgan fingerprint density at radius 1 is 1.15 bits per heavy atom. The molecular weight excluding hydrogens is 328 g/mol. The first-order valence-corrected chi connectivity index (χ1v) is 9.53. The van der Waals surface area contributed by atoms with Crippen LogP contribution in [0.5, 0.6) is 0 Å². The molecule has 1 spiro atoms. The van der Waals surface area contributed by atoms with Gasteiger partial charge in [0.1, 0.15) is 5.76 Å². The van der Waals surface area contributed by atoms with E-state index in [1.807, 2.05) is 32.3 Å². The molecule has 6 nitrogen and oxygen atoms in total. The summed E-state index contributed by atoms with van der Waals surface area (Å²) < 4.78 is 11.7. The van der Waals surface area contributed by atoms with Crippen LogP contribution in [0.3, 0.4) is 0 Å². The Labute approximate surface area is 155 Å². The van der Waals surface area contributed by atoms with Gasteiger partial charge in [0.25, 0.3) is 0 Å². The fourth-order valence-corrected chi connectivity index (χ4v) is 4.33. The molecule has 2 aromatic rings. The van der Waals surface area contributed by atoms with E-state index in [1.165, 1.54) is 17.5 Å². The summed E-state index contributed by atoms with van der Waals surface area (Å²) in [4.78, 5) is 9.26. The maximum Gasteiger partial charge on any atom is 0.138 e. The van der Waals surface area contributed by atoms with Gasteiger partial charge < -0.3 is 9.26 Å². The monoisotopic (exact) mass is 356 g/mol. The van der Waals surface area contributed by atoms with Crippen LogP contribution in [0.1, 0.15) is 35.4 Å². The average Bonchev–Trinajstić information content (AvgIpc) is 2.95. The Bertz CT molecular complexity index is 709. The third-order valence-electron chi connectivity index (χ3n) is 5.64. The van der Waals surface area contributed by atoms with E-state index in [0.717, 1.165) is 63.8 Å². The van der Waals surface area contributed by atoms with Crippen molar-refractivity contribution in [3.05, 3.63) is 47.1 Å². The highest BCUT2D eigenvalue weighted by atomic mass is 16.5. The van der Waals surface area contributed by atoms with Crippen molar-refractivity contribution in [3.8, 4) is 0 Å². The van der Waals surface area contributed by atoms with Crippen molar-refractivity contribution in [2.24, 2.45) is 0 Å². The van der Waals surface area contributed by atoms with Crippen LogP contribution in [0.15, 0.2) is 29.0 Å². The molecular formula is C20H28N4O2. The Morgan fingerprint density at radius 2 is 2.00 bits per heavy atom.